The summed E-state index contributed by atoms with van der Waals surface area (Å²) < 4.78 is 0. The molecule has 1 aromatic carbocycles. The Hall–Kier alpha value is -1.25. The van der Waals surface area contributed by atoms with Crippen LogP contribution in [0.25, 0.3) is 0 Å². The van der Waals surface area contributed by atoms with E-state index in [9.17, 15) is 0 Å². The minimum atomic E-state index is 0.271. The molecule has 0 saturated carbocycles. The van der Waals surface area contributed by atoms with E-state index in [1.54, 1.807) is 6.20 Å². The summed E-state index contributed by atoms with van der Waals surface area (Å²) in [4.78, 5) is 4.04. The SMILES string of the molecule is CC(Cc1ccc(Cl)cc1)Nc1cccnc1Cl. The van der Waals surface area contributed by atoms with Crippen molar-refractivity contribution in [1.82, 2.24) is 4.98 Å². The number of halogens is 2. The minimum Gasteiger partial charge on any atom is -0.380 e. The first kappa shape index (κ1) is 13.2. The van der Waals surface area contributed by atoms with Crippen LogP contribution >= 0.6 is 23.2 Å². The maximum atomic E-state index is 6.00. The summed E-state index contributed by atoms with van der Waals surface area (Å²) in [5.74, 6) is 0. The normalized spacial score (nSPS) is 12.2. The molecule has 0 saturated heterocycles. The van der Waals surface area contributed by atoms with E-state index < -0.39 is 0 Å². The number of pyridine rings is 1. The van der Waals surface area contributed by atoms with Gasteiger partial charge in [0.1, 0.15) is 0 Å². The first-order valence-electron chi connectivity index (χ1n) is 5.76. The Morgan fingerprint density at radius 1 is 1.17 bits per heavy atom. The van der Waals surface area contributed by atoms with Gasteiger partial charge in [-0.3, -0.25) is 0 Å². The maximum Gasteiger partial charge on any atom is 0.152 e. The van der Waals surface area contributed by atoms with Crippen LogP contribution in [0.4, 0.5) is 5.69 Å². The number of aromatic nitrogens is 1. The topological polar surface area (TPSA) is 24.9 Å². The molecule has 0 aliphatic heterocycles. The van der Waals surface area contributed by atoms with Crippen molar-refractivity contribution in [3.05, 3.63) is 58.3 Å². The highest BCUT2D eigenvalue weighted by molar-refractivity contribution is 6.32. The fourth-order valence-corrected chi connectivity index (χ4v) is 2.08. The molecule has 1 unspecified atom stereocenters. The minimum absolute atomic E-state index is 0.271. The summed E-state index contributed by atoms with van der Waals surface area (Å²) in [5, 5.41) is 4.61. The van der Waals surface area contributed by atoms with Gasteiger partial charge in [-0.15, -0.1) is 0 Å². The molecule has 0 bridgehead atoms. The van der Waals surface area contributed by atoms with Gasteiger partial charge in [-0.05, 0) is 43.2 Å². The van der Waals surface area contributed by atoms with Gasteiger partial charge in [-0.1, -0.05) is 35.3 Å². The van der Waals surface area contributed by atoms with Crippen LogP contribution in [0.2, 0.25) is 10.2 Å². The third-order valence-corrected chi connectivity index (χ3v) is 3.17. The van der Waals surface area contributed by atoms with Gasteiger partial charge in [0.25, 0.3) is 0 Å². The van der Waals surface area contributed by atoms with Crippen LogP contribution in [-0.2, 0) is 6.42 Å². The van der Waals surface area contributed by atoms with Crippen molar-refractivity contribution in [2.45, 2.75) is 19.4 Å². The molecule has 18 heavy (non-hydrogen) atoms. The van der Waals surface area contributed by atoms with Gasteiger partial charge in [0.2, 0.25) is 0 Å². The molecule has 0 fully saturated rings. The molecule has 2 nitrogen and oxygen atoms in total. The average Bonchev–Trinajstić information content (AvgIpc) is 2.35. The molecule has 0 spiro atoms. The standard InChI is InChI=1S/C14H14Cl2N2/c1-10(9-11-4-6-12(15)7-5-11)18-13-3-2-8-17-14(13)16/h2-8,10,18H,9H2,1H3. The van der Waals surface area contributed by atoms with Gasteiger partial charge in [0.05, 0.1) is 5.69 Å². The lowest BCUT2D eigenvalue weighted by atomic mass is 10.1. The molecule has 1 aromatic heterocycles. The van der Waals surface area contributed by atoms with Gasteiger partial charge < -0.3 is 5.32 Å². The van der Waals surface area contributed by atoms with Gasteiger partial charge in [-0.2, -0.15) is 0 Å². The number of rotatable bonds is 4. The zero-order valence-electron chi connectivity index (χ0n) is 10.0. The second-order valence-electron chi connectivity index (χ2n) is 4.22. The first-order chi connectivity index (χ1) is 8.65. The summed E-state index contributed by atoms with van der Waals surface area (Å²) in [5.41, 5.74) is 2.10. The molecular formula is C14H14Cl2N2. The van der Waals surface area contributed by atoms with Crippen molar-refractivity contribution in [1.29, 1.82) is 0 Å². The van der Waals surface area contributed by atoms with E-state index in [2.05, 4.69) is 17.2 Å². The number of benzene rings is 1. The Balaban J connectivity index is 1.99. The molecule has 4 heteroatoms. The fraction of sp³-hybridized carbons (Fsp3) is 0.214. The predicted molar refractivity (Wildman–Crippen MR) is 77.5 cm³/mol. The van der Waals surface area contributed by atoms with E-state index in [4.69, 9.17) is 23.2 Å². The molecule has 94 valence electrons. The third kappa shape index (κ3) is 3.62. The third-order valence-electron chi connectivity index (χ3n) is 2.62. The van der Waals surface area contributed by atoms with Crippen molar-refractivity contribution in [3.8, 4) is 0 Å². The lowest BCUT2D eigenvalue weighted by Gasteiger charge is -2.15. The lowest BCUT2D eigenvalue weighted by molar-refractivity contribution is 0.789. The van der Waals surface area contributed by atoms with Gasteiger partial charge >= 0.3 is 0 Å². The van der Waals surface area contributed by atoms with Crippen molar-refractivity contribution >= 4 is 28.9 Å². The molecule has 0 radical (unpaired) electrons. The van der Waals surface area contributed by atoms with Gasteiger partial charge in [-0.25, -0.2) is 4.98 Å². The Kier molecular flexibility index (Phi) is 4.45. The summed E-state index contributed by atoms with van der Waals surface area (Å²) in [6.07, 6.45) is 2.58. The van der Waals surface area contributed by atoms with Crippen LogP contribution < -0.4 is 5.32 Å². The highest BCUT2D eigenvalue weighted by atomic mass is 35.5. The Bertz CT molecular complexity index is 511. The number of hydrogen-bond acceptors (Lipinski definition) is 2. The summed E-state index contributed by atoms with van der Waals surface area (Å²) >= 11 is 11.9. The van der Waals surface area contributed by atoms with E-state index in [-0.39, 0.29) is 6.04 Å². The molecule has 0 amide bonds. The number of nitrogens with one attached hydrogen (secondary N) is 1. The Labute approximate surface area is 117 Å². The summed E-state index contributed by atoms with van der Waals surface area (Å²) in [6.45, 7) is 2.11. The monoisotopic (exact) mass is 280 g/mol. The molecule has 0 aliphatic rings. The zero-order valence-corrected chi connectivity index (χ0v) is 11.5. The van der Waals surface area contributed by atoms with Crippen LogP contribution in [0.5, 0.6) is 0 Å². The first-order valence-corrected chi connectivity index (χ1v) is 6.52. The van der Waals surface area contributed by atoms with Crippen molar-refractivity contribution in [2.24, 2.45) is 0 Å². The molecule has 2 rings (SSSR count). The van der Waals surface area contributed by atoms with Crippen molar-refractivity contribution in [2.75, 3.05) is 5.32 Å². The predicted octanol–water partition coefficient (Wildman–Crippen LogP) is 4.43. The average molecular weight is 281 g/mol. The quantitative estimate of drug-likeness (QED) is 0.838. The second-order valence-corrected chi connectivity index (χ2v) is 5.01. The van der Waals surface area contributed by atoms with Gasteiger partial charge in [0, 0.05) is 17.3 Å². The maximum absolute atomic E-state index is 6.00. The van der Waals surface area contributed by atoms with Crippen LogP contribution in [0.3, 0.4) is 0 Å². The molecule has 1 heterocycles. The fourth-order valence-electron chi connectivity index (χ4n) is 1.78. The van der Waals surface area contributed by atoms with Crippen LogP contribution in [0.15, 0.2) is 42.6 Å². The van der Waals surface area contributed by atoms with E-state index in [1.165, 1.54) is 5.56 Å². The molecular weight excluding hydrogens is 267 g/mol. The van der Waals surface area contributed by atoms with E-state index >= 15 is 0 Å². The molecule has 2 aromatic rings. The molecule has 0 aliphatic carbocycles. The molecule has 1 atom stereocenters. The second kappa shape index (κ2) is 6.07. The smallest absolute Gasteiger partial charge is 0.152 e. The van der Waals surface area contributed by atoms with E-state index in [0.29, 0.717) is 5.15 Å². The Morgan fingerprint density at radius 2 is 1.89 bits per heavy atom. The molecule has 1 N–H and O–H groups in total. The highest BCUT2D eigenvalue weighted by Gasteiger charge is 2.06. The summed E-state index contributed by atoms with van der Waals surface area (Å²) in [6, 6.07) is 11.9. The zero-order chi connectivity index (χ0) is 13.0. The number of nitrogens with zero attached hydrogens (tertiary/aromatic N) is 1. The lowest BCUT2D eigenvalue weighted by Crippen LogP contribution is -2.18. The highest BCUT2D eigenvalue weighted by Crippen LogP contribution is 2.19. The summed E-state index contributed by atoms with van der Waals surface area (Å²) in [7, 11) is 0. The Morgan fingerprint density at radius 3 is 2.56 bits per heavy atom. The van der Waals surface area contributed by atoms with E-state index in [1.807, 2.05) is 36.4 Å². The van der Waals surface area contributed by atoms with Gasteiger partial charge in [0.15, 0.2) is 5.15 Å². The van der Waals surface area contributed by atoms with Crippen molar-refractivity contribution in [3.63, 3.8) is 0 Å². The van der Waals surface area contributed by atoms with Crippen LogP contribution in [0.1, 0.15) is 12.5 Å². The number of anilines is 1. The van der Waals surface area contributed by atoms with Crippen LogP contribution in [-0.4, -0.2) is 11.0 Å². The van der Waals surface area contributed by atoms with Crippen molar-refractivity contribution < 1.29 is 0 Å². The number of hydrogen-bond donors (Lipinski definition) is 1. The van der Waals surface area contributed by atoms with Crippen LogP contribution in [0, 0.1) is 0 Å². The largest absolute Gasteiger partial charge is 0.380 e. The van der Waals surface area contributed by atoms with E-state index in [0.717, 1.165) is 17.1 Å².